The lowest BCUT2D eigenvalue weighted by Crippen LogP contribution is -2.12. The molecule has 0 fully saturated rings. The van der Waals surface area contributed by atoms with Crippen LogP contribution in [0.4, 0.5) is 5.82 Å². The highest BCUT2D eigenvalue weighted by molar-refractivity contribution is 6.17. The molecule has 0 unspecified atom stereocenters. The molecular weight excluding hydrogens is 184 g/mol. The fourth-order valence-electron chi connectivity index (χ4n) is 1.13. The molecule has 0 aliphatic carbocycles. The van der Waals surface area contributed by atoms with Gasteiger partial charge in [0.2, 0.25) is 0 Å². The minimum atomic E-state index is 0.410. The summed E-state index contributed by atoms with van der Waals surface area (Å²) in [5.74, 6) is 1.47. The summed E-state index contributed by atoms with van der Waals surface area (Å²) in [6.45, 7) is 6.22. The molecule has 0 aliphatic heterocycles. The maximum Gasteiger partial charge on any atom is 0.129 e. The SMILES string of the molecule is Cc1cc(CCl)cnc1NC(C)C. The van der Waals surface area contributed by atoms with Crippen LogP contribution in [0.1, 0.15) is 25.0 Å². The van der Waals surface area contributed by atoms with E-state index in [2.05, 4.69) is 30.2 Å². The lowest BCUT2D eigenvalue weighted by atomic mass is 10.2. The molecule has 1 heterocycles. The van der Waals surface area contributed by atoms with Gasteiger partial charge in [-0.25, -0.2) is 4.98 Å². The molecule has 1 aromatic rings. The maximum atomic E-state index is 5.70. The minimum absolute atomic E-state index is 0.410. The number of alkyl halides is 1. The summed E-state index contributed by atoms with van der Waals surface area (Å²) in [6.07, 6.45) is 1.81. The maximum absolute atomic E-state index is 5.70. The third kappa shape index (κ3) is 2.88. The van der Waals surface area contributed by atoms with Gasteiger partial charge in [0, 0.05) is 18.1 Å². The molecule has 0 bridgehead atoms. The molecule has 3 heteroatoms. The molecular formula is C10H15ClN2. The first-order valence-electron chi connectivity index (χ1n) is 4.41. The lowest BCUT2D eigenvalue weighted by molar-refractivity contribution is 0.885. The van der Waals surface area contributed by atoms with Crippen molar-refractivity contribution in [1.82, 2.24) is 4.98 Å². The van der Waals surface area contributed by atoms with Crippen LogP contribution in [0.3, 0.4) is 0 Å². The van der Waals surface area contributed by atoms with Crippen LogP contribution in [-0.4, -0.2) is 11.0 Å². The van der Waals surface area contributed by atoms with Crippen LogP contribution >= 0.6 is 11.6 Å². The summed E-state index contributed by atoms with van der Waals surface area (Å²) in [5, 5.41) is 3.27. The van der Waals surface area contributed by atoms with E-state index in [1.54, 1.807) is 0 Å². The molecule has 0 spiro atoms. The number of halogens is 1. The third-order valence-corrected chi connectivity index (χ3v) is 2.02. The van der Waals surface area contributed by atoms with Crippen LogP contribution in [0, 0.1) is 6.92 Å². The lowest BCUT2D eigenvalue weighted by Gasteiger charge is -2.11. The van der Waals surface area contributed by atoms with Crippen molar-refractivity contribution in [3.63, 3.8) is 0 Å². The molecule has 0 radical (unpaired) electrons. The zero-order chi connectivity index (χ0) is 9.84. The monoisotopic (exact) mass is 198 g/mol. The van der Waals surface area contributed by atoms with Crippen molar-refractivity contribution < 1.29 is 0 Å². The van der Waals surface area contributed by atoms with Crippen molar-refractivity contribution in [3.8, 4) is 0 Å². The van der Waals surface area contributed by atoms with Crippen LogP contribution < -0.4 is 5.32 Å². The summed E-state index contributed by atoms with van der Waals surface area (Å²) < 4.78 is 0. The van der Waals surface area contributed by atoms with Gasteiger partial charge >= 0.3 is 0 Å². The van der Waals surface area contributed by atoms with E-state index in [0.29, 0.717) is 11.9 Å². The topological polar surface area (TPSA) is 24.9 Å². The summed E-state index contributed by atoms with van der Waals surface area (Å²) in [5.41, 5.74) is 2.21. The Morgan fingerprint density at radius 3 is 2.69 bits per heavy atom. The fourth-order valence-corrected chi connectivity index (χ4v) is 1.28. The van der Waals surface area contributed by atoms with Gasteiger partial charge in [-0.2, -0.15) is 0 Å². The number of nitrogens with one attached hydrogen (secondary N) is 1. The van der Waals surface area contributed by atoms with Crippen LogP contribution in [0.15, 0.2) is 12.3 Å². The van der Waals surface area contributed by atoms with E-state index in [-0.39, 0.29) is 0 Å². The van der Waals surface area contributed by atoms with Crippen LogP contribution in [0.5, 0.6) is 0 Å². The van der Waals surface area contributed by atoms with E-state index in [9.17, 15) is 0 Å². The number of rotatable bonds is 3. The van der Waals surface area contributed by atoms with Crippen LogP contribution in [0.25, 0.3) is 0 Å². The molecule has 0 saturated carbocycles. The first-order valence-corrected chi connectivity index (χ1v) is 4.95. The molecule has 0 aliphatic rings. The van der Waals surface area contributed by atoms with Crippen molar-refractivity contribution in [2.75, 3.05) is 5.32 Å². The zero-order valence-corrected chi connectivity index (χ0v) is 9.02. The Kier molecular flexibility index (Phi) is 3.55. The summed E-state index contributed by atoms with van der Waals surface area (Å²) in [6, 6.07) is 2.47. The number of aryl methyl sites for hydroxylation is 1. The highest BCUT2D eigenvalue weighted by Gasteiger charge is 2.01. The highest BCUT2D eigenvalue weighted by Crippen LogP contribution is 2.14. The second-order valence-electron chi connectivity index (χ2n) is 3.44. The smallest absolute Gasteiger partial charge is 0.129 e. The standard InChI is InChI=1S/C10H15ClN2/c1-7(2)13-10-8(3)4-9(5-11)6-12-10/h4,6-7H,5H2,1-3H3,(H,12,13). The molecule has 72 valence electrons. The predicted octanol–water partition coefficient (Wildman–Crippen LogP) is 2.95. The quantitative estimate of drug-likeness (QED) is 0.756. The largest absolute Gasteiger partial charge is 0.368 e. The Hall–Kier alpha value is -0.760. The number of aromatic nitrogens is 1. The Bertz CT molecular complexity index is 284. The zero-order valence-electron chi connectivity index (χ0n) is 8.26. The fraction of sp³-hybridized carbons (Fsp3) is 0.500. The van der Waals surface area contributed by atoms with Gasteiger partial charge in [-0.05, 0) is 38.0 Å². The van der Waals surface area contributed by atoms with Gasteiger partial charge in [-0.15, -0.1) is 11.6 Å². The molecule has 13 heavy (non-hydrogen) atoms. The highest BCUT2D eigenvalue weighted by atomic mass is 35.5. The number of anilines is 1. The van der Waals surface area contributed by atoms with Crippen LogP contribution in [0.2, 0.25) is 0 Å². The van der Waals surface area contributed by atoms with Crippen molar-refractivity contribution in [3.05, 3.63) is 23.4 Å². The third-order valence-electron chi connectivity index (χ3n) is 1.71. The number of hydrogen-bond donors (Lipinski definition) is 1. The Morgan fingerprint density at radius 2 is 2.23 bits per heavy atom. The summed E-state index contributed by atoms with van der Waals surface area (Å²) in [7, 11) is 0. The van der Waals surface area contributed by atoms with Gasteiger partial charge < -0.3 is 5.32 Å². The van der Waals surface area contributed by atoms with E-state index < -0.39 is 0 Å². The van der Waals surface area contributed by atoms with E-state index in [1.807, 2.05) is 13.1 Å². The second-order valence-corrected chi connectivity index (χ2v) is 3.71. The average Bonchev–Trinajstić information content (AvgIpc) is 2.08. The van der Waals surface area contributed by atoms with Gasteiger partial charge in [0.25, 0.3) is 0 Å². The molecule has 0 saturated heterocycles. The molecule has 2 nitrogen and oxygen atoms in total. The van der Waals surface area contributed by atoms with Crippen molar-refractivity contribution in [2.45, 2.75) is 32.7 Å². The van der Waals surface area contributed by atoms with Crippen molar-refractivity contribution >= 4 is 17.4 Å². The Morgan fingerprint density at radius 1 is 1.54 bits per heavy atom. The van der Waals surface area contributed by atoms with Gasteiger partial charge in [0.1, 0.15) is 5.82 Å². The van der Waals surface area contributed by atoms with Gasteiger partial charge in [-0.3, -0.25) is 0 Å². The van der Waals surface area contributed by atoms with Crippen LogP contribution in [-0.2, 0) is 5.88 Å². The van der Waals surface area contributed by atoms with E-state index in [1.165, 1.54) is 0 Å². The molecule has 1 aromatic heterocycles. The molecule has 0 atom stereocenters. The van der Waals surface area contributed by atoms with E-state index in [0.717, 1.165) is 16.9 Å². The minimum Gasteiger partial charge on any atom is -0.368 e. The first-order chi connectivity index (χ1) is 6.13. The normalized spacial score (nSPS) is 10.5. The number of nitrogens with zero attached hydrogens (tertiary/aromatic N) is 1. The predicted molar refractivity (Wildman–Crippen MR) is 57.3 cm³/mol. The Labute approximate surface area is 84.3 Å². The van der Waals surface area contributed by atoms with Gasteiger partial charge in [-0.1, -0.05) is 0 Å². The summed E-state index contributed by atoms with van der Waals surface area (Å²) >= 11 is 5.70. The van der Waals surface area contributed by atoms with Crippen molar-refractivity contribution in [1.29, 1.82) is 0 Å². The molecule has 0 aromatic carbocycles. The molecule has 0 amide bonds. The van der Waals surface area contributed by atoms with Gasteiger partial charge in [0.15, 0.2) is 0 Å². The summed E-state index contributed by atoms with van der Waals surface area (Å²) in [4.78, 5) is 4.29. The number of hydrogen-bond acceptors (Lipinski definition) is 2. The molecule has 1 rings (SSSR count). The first kappa shape index (κ1) is 10.3. The Balaban J connectivity index is 2.85. The second kappa shape index (κ2) is 4.47. The van der Waals surface area contributed by atoms with Gasteiger partial charge in [0.05, 0.1) is 0 Å². The number of pyridine rings is 1. The van der Waals surface area contributed by atoms with E-state index in [4.69, 9.17) is 11.6 Å². The van der Waals surface area contributed by atoms with E-state index >= 15 is 0 Å². The van der Waals surface area contributed by atoms with Crippen molar-refractivity contribution in [2.24, 2.45) is 0 Å². The average molecular weight is 199 g/mol. The molecule has 1 N–H and O–H groups in total.